The molecule has 1 aliphatic rings. The van der Waals surface area contributed by atoms with Crippen LogP contribution >= 0.6 is 0 Å². The van der Waals surface area contributed by atoms with E-state index >= 15 is 0 Å². The van der Waals surface area contributed by atoms with Crippen LogP contribution in [-0.4, -0.2) is 33.0 Å². The van der Waals surface area contributed by atoms with Gasteiger partial charge in [-0.2, -0.15) is 13.2 Å². The molecule has 2 amide bonds. The van der Waals surface area contributed by atoms with Crippen molar-refractivity contribution in [1.29, 1.82) is 0 Å². The number of carbonyl (C=O) groups excluding carboxylic acids is 2. The topological polar surface area (TPSA) is 98.1 Å². The fraction of sp³-hybridized carbons (Fsp3) is 0.360. The number of nitrogens with one attached hydrogen (secondary N) is 2. The molecule has 0 bridgehead atoms. The highest BCUT2D eigenvalue weighted by atomic mass is 19.4. The van der Waals surface area contributed by atoms with Gasteiger partial charge >= 0.3 is 6.18 Å². The van der Waals surface area contributed by atoms with Gasteiger partial charge in [-0.15, -0.1) is 0 Å². The normalized spacial score (nSPS) is 15.0. The summed E-state index contributed by atoms with van der Waals surface area (Å²) < 4.78 is 59.0. The largest absolute Gasteiger partial charge is 0.419 e. The van der Waals surface area contributed by atoms with Gasteiger partial charge in [0.25, 0.3) is 11.8 Å². The maximum Gasteiger partial charge on any atom is 0.419 e. The fourth-order valence-electron chi connectivity index (χ4n) is 4.06. The van der Waals surface area contributed by atoms with E-state index < -0.39 is 35.6 Å². The number of nitrogens with zero attached hydrogens (tertiary/aromatic N) is 3. The fourth-order valence-corrected chi connectivity index (χ4v) is 4.06. The van der Waals surface area contributed by atoms with Crippen LogP contribution in [-0.2, 0) is 24.1 Å². The number of hydrogen-bond acceptors (Lipinski definition) is 5. The Morgan fingerprint density at radius 1 is 1.11 bits per heavy atom. The average Bonchev–Trinajstić information content (AvgIpc) is 3.27. The second-order valence-corrected chi connectivity index (χ2v) is 8.60. The predicted octanol–water partition coefficient (Wildman–Crippen LogP) is 4.34. The quantitative estimate of drug-likeness (QED) is 0.453. The van der Waals surface area contributed by atoms with E-state index in [0.29, 0.717) is 43.2 Å². The van der Waals surface area contributed by atoms with Crippen molar-refractivity contribution in [2.45, 2.75) is 51.7 Å². The molecule has 2 atom stereocenters. The molecular weight excluding hydrogens is 494 g/mol. The van der Waals surface area contributed by atoms with Crippen LogP contribution in [0.3, 0.4) is 0 Å². The minimum atomic E-state index is -4.57. The third-order valence-electron chi connectivity index (χ3n) is 6.13. The third kappa shape index (κ3) is 5.79. The summed E-state index contributed by atoms with van der Waals surface area (Å²) in [6.45, 7) is 4.32. The Balaban J connectivity index is 1.54. The van der Waals surface area contributed by atoms with E-state index in [1.807, 2.05) is 0 Å². The molecule has 0 saturated carbocycles. The minimum Gasteiger partial charge on any atom is -0.373 e. The molecule has 3 aromatic rings. The molecule has 37 heavy (non-hydrogen) atoms. The molecule has 2 aromatic heterocycles. The van der Waals surface area contributed by atoms with Crippen LogP contribution in [0.15, 0.2) is 42.7 Å². The van der Waals surface area contributed by atoms with Crippen LogP contribution < -0.4 is 10.6 Å². The lowest BCUT2D eigenvalue weighted by atomic mass is 10.1. The number of benzene rings is 1. The van der Waals surface area contributed by atoms with Crippen molar-refractivity contribution in [3.8, 4) is 0 Å². The van der Waals surface area contributed by atoms with Crippen molar-refractivity contribution in [2.75, 3.05) is 6.61 Å². The van der Waals surface area contributed by atoms with E-state index in [9.17, 15) is 27.2 Å². The number of halogens is 4. The molecular formula is C25H25F4N5O3. The number of ether oxygens (including phenoxy) is 1. The Labute approximate surface area is 210 Å². The first-order valence-corrected chi connectivity index (χ1v) is 11.6. The Morgan fingerprint density at radius 3 is 2.41 bits per heavy atom. The summed E-state index contributed by atoms with van der Waals surface area (Å²) in [5, 5.41) is 5.61. The maximum absolute atomic E-state index is 13.2. The van der Waals surface area contributed by atoms with Gasteiger partial charge in [-0.3, -0.25) is 9.59 Å². The molecule has 1 aliphatic heterocycles. The zero-order chi connectivity index (χ0) is 26.7. The Morgan fingerprint density at radius 2 is 1.78 bits per heavy atom. The number of aromatic nitrogens is 3. The lowest BCUT2D eigenvalue weighted by Gasteiger charge is -2.21. The first-order valence-electron chi connectivity index (χ1n) is 11.6. The van der Waals surface area contributed by atoms with Crippen molar-refractivity contribution >= 4 is 11.8 Å². The molecule has 0 spiro atoms. The molecule has 4 rings (SSSR count). The lowest BCUT2D eigenvalue weighted by molar-refractivity contribution is -0.138. The maximum atomic E-state index is 13.2. The van der Waals surface area contributed by atoms with Crippen molar-refractivity contribution < 1.29 is 31.9 Å². The van der Waals surface area contributed by atoms with E-state index in [-0.39, 0.29) is 29.5 Å². The molecule has 1 aromatic carbocycles. The first kappa shape index (κ1) is 26.3. The highest BCUT2D eigenvalue weighted by Gasteiger charge is 2.32. The molecule has 1 unspecified atom stereocenters. The molecule has 0 saturated heterocycles. The molecule has 0 fully saturated rings. The van der Waals surface area contributed by atoms with Crippen LogP contribution in [0.1, 0.15) is 75.8 Å². The van der Waals surface area contributed by atoms with E-state index in [0.717, 1.165) is 0 Å². The third-order valence-corrected chi connectivity index (χ3v) is 6.13. The minimum absolute atomic E-state index is 0.0410. The van der Waals surface area contributed by atoms with E-state index in [4.69, 9.17) is 4.74 Å². The number of amides is 2. The van der Waals surface area contributed by atoms with Crippen molar-refractivity contribution in [3.63, 3.8) is 0 Å². The molecule has 12 heteroatoms. The molecule has 0 aliphatic carbocycles. The van der Waals surface area contributed by atoms with Crippen LogP contribution in [0.5, 0.6) is 0 Å². The van der Waals surface area contributed by atoms with Gasteiger partial charge in [-0.05, 0) is 37.1 Å². The van der Waals surface area contributed by atoms with Gasteiger partial charge in [0.2, 0.25) is 0 Å². The summed E-state index contributed by atoms with van der Waals surface area (Å²) in [6.07, 6.45) is -2.89. The smallest absolute Gasteiger partial charge is 0.373 e. The lowest BCUT2D eigenvalue weighted by Crippen LogP contribution is -2.31. The molecule has 196 valence electrons. The summed E-state index contributed by atoms with van der Waals surface area (Å²) in [7, 11) is 0. The highest BCUT2D eigenvalue weighted by Crippen LogP contribution is 2.29. The average molecular weight is 519 g/mol. The van der Waals surface area contributed by atoms with Crippen molar-refractivity contribution in [2.24, 2.45) is 0 Å². The van der Waals surface area contributed by atoms with Crippen molar-refractivity contribution in [1.82, 2.24) is 25.2 Å². The molecule has 0 radical (unpaired) electrons. The van der Waals surface area contributed by atoms with Crippen molar-refractivity contribution in [3.05, 3.63) is 82.4 Å². The van der Waals surface area contributed by atoms with E-state index in [1.54, 1.807) is 30.5 Å². The Bertz CT molecular complexity index is 1270. The number of rotatable bonds is 7. The highest BCUT2D eigenvalue weighted by molar-refractivity contribution is 6.01. The molecule has 2 N–H and O–H groups in total. The van der Waals surface area contributed by atoms with Gasteiger partial charge < -0.3 is 19.9 Å². The summed E-state index contributed by atoms with van der Waals surface area (Å²) in [4.78, 5) is 33.9. The monoisotopic (exact) mass is 519 g/mol. The second kappa shape index (κ2) is 10.7. The van der Waals surface area contributed by atoms with Crippen LogP contribution in [0, 0.1) is 5.82 Å². The van der Waals surface area contributed by atoms with Gasteiger partial charge in [-0.1, -0.05) is 19.1 Å². The predicted molar refractivity (Wildman–Crippen MR) is 124 cm³/mol. The van der Waals surface area contributed by atoms with Gasteiger partial charge in [0.05, 0.1) is 42.1 Å². The van der Waals surface area contributed by atoms with Gasteiger partial charge in [0.15, 0.2) is 0 Å². The number of hydrogen-bond donors (Lipinski definition) is 2. The Hall–Kier alpha value is -3.80. The van der Waals surface area contributed by atoms with E-state index in [1.165, 1.54) is 18.2 Å². The standard InChI is InChI=1S/C25H25F4N5O3/c1-3-19(22-30-11-16(12-31-22)25(27,28)29)33-23(35)18-10-20(34-8-9-37-13-21(18)34)24(36)32-14(2)15-4-6-17(26)7-5-15/h4-7,10-12,14,19H,3,8-9,13H2,1-2H3,(H,32,36)(H,33,35)/t14-,19?/m1/s1. The van der Waals surface area contributed by atoms with Gasteiger partial charge in [0.1, 0.15) is 17.3 Å². The first-order chi connectivity index (χ1) is 17.6. The second-order valence-electron chi connectivity index (χ2n) is 8.60. The summed E-state index contributed by atoms with van der Waals surface area (Å²) >= 11 is 0. The Kier molecular flexibility index (Phi) is 7.58. The number of fused-ring (bicyclic) bond motifs is 1. The SMILES string of the molecule is CCC(NC(=O)c1cc(C(=O)N[C@H](C)c2ccc(F)cc2)n2c1COCC2)c1ncc(C(F)(F)F)cn1. The zero-order valence-corrected chi connectivity index (χ0v) is 20.1. The number of alkyl halides is 3. The summed E-state index contributed by atoms with van der Waals surface area (Å²) in [5.74, 6) is -1.29. The molecule has 8 nitrogen and oxygen atoms in total. The van der Waals surface area contributed by atoms with Crippen LogP contribution in [0.2, 0.25) is 0 Å². The van der Waals surface area contributed by atoms with Crippen LogP contribution in [0.25, 0.3) is 0 Å². The zero-order valence-electron chi connectivity index (χ0n) is 20.1. The summed E-state index contributed by atoms with van der Waals surface area (Å²) in [5.41, 5.74) is 0.706. The van der Waals surface area contributed by atoms with Crippen LogP contribution in [0.4, 0.5) is 17.6 Å². The summed E-state index contributed by atoms with van der Waals surface area (Å²) in [6, 6.07) is 6.07. The van der Waals surface area contributed by atoms with E-state index in [2.05, 4.69) is 20.6 Å². The molecule has 3 heterocycles. The van der Waals surface area contributed by atoms with Gasteiger partial charge in [-0.25, -0.2) is 14.4 Å². The van der Waals surface area contributed by atoms with Gasteiger partial charge in [0, 0.05) is 18.9 Å². The number of carbonyl (C=O) groups is 2.